The summed E-state index contributed by atoms with van der Waals surface area (Å²) in [5.74, 6) is 0. The summed E-state index contributed by atoms with van der Waals surface area (Å²) in [5.41, 5.74) is 0. The second kappa shape index (κ2) is 84.4. The van der Waals surface area contributed by atoms with Gasteiger partial charge in [0.15, 0.2) is 0 Å². The fourth-order valence-corrected chi connectivity index (χ4v) is 0. The normalized spacial score (nSPS) is 3.60. The molecule has 0 heterocycles. The van der Waals surface area contributed by atoms with Gasteiger partial charge in [-0.1, -0.05) is 0 Å². The minimum Gasteiger partial charge on any atom is -0.483 e. The van der Waals surface area contributed by atoms with Crippen molar-refractivity contribution in [3.63, 3.8) is 0 Å². The molecule has 0 fully saturated rings. The maximum absolute atomic E-state index is 8.36. The Labute approximate surface area is 75.3 Å². The molecule has 0 rings (SSSR count). The Balaban J connectivity index is -0.0000000257. The Morgan fingerprint density at radius 1 is 0.700 bits per heavy atom. The second-order valence-corrected chi connectivity index (χ2v) is 0.316. The summed E-state index contributed by atoms with van der Waals surface area (Å²) in [6, 6.07) is 0. The summed E-state index contributed by atoms with van der Waals surface area (Å²) in [5, 5.41) is 20.7. The molecule has 6 nitrogen and oxygen atoms in total. The summed E-state index contributed by atoms with van der Waals surface area (Å²) in [6.45, 7) is -0.750. The molecular weight excluding hydrogens is 177 g/mol. The van der Waals surface area contributed by atoms with Gasteiger partial charge >= 0.3 is 0 Å². The maximum atomic E-state index is 8.36. The van der Waals surface area contributed by atoms with Gasteiger partial charge in [0.2, 0.25) is 0 Å². The van der Waals surface area contributed by atoms with Crippen LogP contribution in [0.1, 0.15) is 0 Å². The number of carbonyl (C=O) groups is 3. The van der Waals surface area contributed by atoms with E-state index in [4.69, 9.17) is 29.7 Å². The Hall–Kier alpha value is -0.720. The van der Waals surface area contributed by atoms with Crippen molar-refractivity contribution in [1.29, 1.82) is 0 Å². The molecule has 0 spiro atoms. The van der Waals surface area contributed by atoms with E-state index in [2.05, 4.69) is 0 Å². The van der Waals surface area contributed by atoms with Gasteiger partial charge in [-0.3, -0.25) is 14.4 Å². The molecule has 3 N–H and O–H groups in total. The number of carboxylic acid groups (broad SMARTS) is 3. The van der Waals surface area contributed by atoms with Crippen LogP contribution in [0.4, 0.5) is 0 Å². The number of hydrogen-bond acceptors (Lipinski definition) is 3. The molecule has 0 aromatic heterocycles. The van der Waals surface area contributed by atoms with Crippen LogP contribution in [0.25, 0.3) is 0 Å². The van der Waals surface area contributed by atoms with Gasteiger partial charge in [0.1, 0.15) is 0 Å². The molecule has 0 unspecified atom stereocenters. The van der Waals surface area contributed by atoms with Crippen molar-refractivity contribution in [2.24, 2.45) is 0 Å². The summed E-state index contributed by atoms with van der Waals surface area (Å²) in [6.07, 6.45) is 0. The van der Waals surface area contributed by atoms with Gasteiger partial charge < -0.3 is 15.3 Å². The quantitative estimate of drug-likeness (QED) is 0.419. The monoisotopic (exact) mass is 183 g/mol. The molecule has 0 saturated heterocycles. The zero-order valence-corrected chi connectivity index (χ0v) is 6.68. The van der Waals surface area contributed by atoms with Crippen molar-refractivity contribution in [1.82, 2.24) is 0 Å². The average molecular weight is 183 g/mol. The van der Waals surface area contributed by atoms with Gasteiger partial charge in [-0.05, 0) is 0 Å². The second-order valence-electron chi connectivity index (χ2n) is 0.316. The van der Waals surface area contributed by atoms with E-state index in [1.165, 1.54) is 0 Å². The number of rotatable bonds is 0. The van der Waals surface area contributed by atoms with Gasteiger partial charge in [-0.15, -0.1) is 0 Å². The third-order valence-electron chi connectivity index (χ3n) is 0. The first-order chi connectivity index (χ1) is 4.24. The fourth-order valence-electron chi connectivity index (χ4n) is 0. The zero-order chi connectivity index (χ0) is 8.12. The van der Waals surface area contributed by atoms with Gasteiger partial charge in [-0.2, -0.15) is 0 Å². The van der Waals surface area contributed by atoms with E-state index in [9.17, 15) is 0 Å². The first-order valence-corrected chi connectivity index (χ1v) is 1.48. The van der Waals surface area contributed by atoms with E-state index >= 15 is 0 Å². The summed E-state index contributed by atoms with van der Waals surface area (Å²) in [4.78, 5) is 25.1. The molecule has 1 radical (unpaired) electrons. The van der Waals surface area contributed by atoms with Gasteiger partial charge in [-0.25, -0.2) is 0 Å². The standard InChI is InChI=1S/3CH2O2.Sc/c3*2-1-3;/h3*1H,(H,2,3);. The van der Waals surface area contributed by atoms with Crippen LogP contribution >= 0.6 is 0 Å². The van der Waals surface area contributed by atoms with Crippen LogP contribution < -0.4 is 0 Å². The predicted octanol–water partition coefficient (Wildman–Crippen LogP) is -0.900. The van der Waals surface area contributed by atoms with Gasteiger partial charge in [0.25, 0.3) is 19.4 Å². The van der Waals surface area contributed by atoms with Crippen molar-refractivity contribution in [3.8, 4) is 0 Å². The molecule has 0 atom stereocenters. The summed E-state index contributed by atoms with van der Waals surface area (Å²) in [7, 11) is 0. The molecule has 0 aliphatic rings. The molecule has 0 aliphatic carbocycles. The molecule has 57 valence electrons. The molecule has 10 heavy (non-hydrogen) atoms. The molecule has 0 saturated carbocycles. The first kappa shape index (κ1) is 22.8. The average Bonchev–Trinajstić information content (AvgIpc) is 1.70. The van der Waals surface area contributed by atoms with Gasteiger partial charge in [0.05, 0.1) is 0 Å². The smallest absolute Gasteiger partial charge is 0.290 e. The van der Waals surface area contributed by atoms with Crippen molar-refractivity contribution >= 4 is 19.4 Å². The van der Waals surface area contributed by atoms with Crippen LogP contribution in [0.3, 0.4) is 0 Å². The van der Waals surface area contributed by atoms with Crippen molar-refractivity contribution in [2.45, 2.75) is 0 Å². The molecular formula is C3H6O6Sc. The van der Waals surface area contributed by atoms with E-state index in [0.717, 1.165) is 0 Å². The third-order valence-corrected chi connectivity index (χ3v) is 0. The van der Waals surface area contributed by atoms with Gasteiger partial charge in [0, 0.05) is 25.8 Å². The van der Waals surface area contributed by atoms with Crippen molar-refractivity contribution < 1.29 is 55.5 Å². The Bertz CT molecular complexity index is 49.7. The van der Waals surface area contributed by atoms with Crippen LogP contribution in [0.5, 0.6) is 0 Å². The predicted molar refractivity (Wildman–Crippen MR) is 26.1 cm³/mol. The van der Waals surface area contributed by atoms with Crippen LogP contribution in [0, 0.1) is 0 Å². The minimum atomic E-state index is -0.250. The third kappa shape index (κ3) is 554. The van der Waals surface area contributed by atoms with E-state index < -0.39 is 0 Å². The number of hydrogen-bond donors (Lipinski definition) is 3. The Morgan fingerprint density at radius 2 is 0.700 bits per heavy atom. The van der Waals surface area contributed by atoms with Crippen molar-refractivity contribution in [2.75, 3.05) is 0 Å². The molecule has 7 heteroatoms. The molecule has 0 amide bonds. The van der Waals surface area contributed by atoms with Crippen LogP contribution in [-0.4, -0.2) is 34.7 Å². The molecule has 0 aromatic carbocycles. The Kier molecular flexibility index (Phi) is 193. The Morgan fingerprint density at radius 3 is 0.700 bits per heavy atom. The SMILES string of the molecule is O=CO.O=CO.O=CO.[Sc]. The van der Waals surface area contributed by atoms with E-state index in [1.54, 1.807) is 0 Å². The van der Waals surface area contributed by atoms with E-state index in [-0.39, 0.29) is 45.3 Å². The van der Waals surface area contributed by atoms with Crippen LogP contribution in [0.15, 0.2) is 0 Å². The van der Waals surface area contributed by atoms with Crippen LogP contribution in [-0.2, 0) is 40.2 Å². The maximum Gasteiger partial charge on any atom is 0.290 e. The van der Waals surface area contributed by atoms with Crippen molar-refractivity contribution in [3.05, 3.63) is 0 Å². The molecule has 0 aliphatic heterocycles. The summed E-state index contributed by atoms with van der Waals surface area (Å²) < 4.78 is 0. The van der Waals surface area contributed by atoms with Crippen LogP contribution in [0.2, 0.25) is 0 Å². The first-order valence-electron chi connectivity index (χ1n) is 1.48. The topological polar surface area (TPSA) is 112 Å². The minimum absolute atomic E-state index is 0. The largest absolute Gasteiger partial charge is 0.483 e. The fraction of sp³-hybridized carbons (Fsp3) is 0. The van der Waals surface area contributed by atoms with E-state index in [1.807, 2.05) is 0 Å². The molecule has 0 bridgehead atoms. The van der Waals surface area contributed by atoms with E-state index in [0.29, 0.717) is 0 Å². The molecule has 0 aromatic rings. The zero-order valence-electron chi connectivity index (χ0n) is 4.88. The summed E-state index contributed by atoms with van der Waals surface area (Å²) >= 11 is 0.